The Bertz CT molecular complexity index is 1190. The van der Waals surface area contributed by atoms with Gasteiger partial charge in [0.2, 0.25) is 0 Å². The third kappa shape index (κ3) is 4.74. The first-order valence-electron chi connectivity index (χ1n) is 11.0. The summed E-state index contributed by atoms with van der Waals surface area (Å²) < 4.78 is 75.7. The second kappa shape index (κ2) is 8.81. The van der Waals surface area contributed by atoms with Crippen molar-refractivity contribution in [3.05, 3.63) is 59.4 Å². The van der Waals surface area contributed by atoms with Gasteiger partial charge in [-0.05, 0) is 57.4 Å². The average Bonchev–Trinajstić information content (AvgIpc) is 3.16. The smallest absolute Gasteiger partial charge is 0.418 e. The molecule has 10 heteroatoms. The van der Waals surface area contributed by atoms with Gasteiger partial charge >= 0.3 is 6.18 Å². The number of benzene rings is 2. The number of nitrogens with zero attached hydrogens (tertiary/aromatic N) is 2. The van der Waals surface area contributed by atoms with E-state index >= 15 is 0 Å². The molecular formula is C24H26F5N3O2. The highest BCUT2D eigenvalue weighted by molar-refractivity contribution is 5.81. The van der Waals surface area contributed by atoms with Crippen molar-refractivity contribution in [3.63, 3.8) is 0 Å². The van der Waals surface area contributed by atoms with Crippen LogP contribution in [0.3, 0.4) is 0 Å². The van der Waals surface area contributed by atoms with Crippen LogP contribution in [0.2, 0.25) is 0 Å². The molecule has 1 aliphatic rings. The van der Waals surface area contributed by atoms with E-state index in [0.717, 1.165) is 18.2 Å². The molecule has 0 amide bonds. The van der Waals surface area contributed by atoms with Crippen LogP contribution >= 0.6 is 0 Å². The van der Waals surface area contributed by atoms with E-state index < -0.39 is 35.0 Å². The number of alkyl halides is 3. The first-order valence-corrected chi connectivity index (χ1v) is 11.0. The van der Waals surface area contributed by atoms with Gasteiger partial charge in [0.05, 0.1) is 28.5 Å². The zero-order valence-corrected chi connectivity index (χ0v) is 19.0. The van der Waals surface area contributed by atoms with Gasteiger partial charge in [0, 0.05) is 24.2 Å². The van der Waals surface area contributed by atoms with Crippen molar-refractivity contribution in [1.29, 1.82) is 0 Å². The summed E-state index contributed by atoms with van der Waals surface area (Å²) in [4.78, 5) is 4.12. The van der Waals surface area contributed by atoms with E-state index in [0.29, 0.717) is 0 Å². The van der Waals surface area contributed by atoms with E-state index in [2.05, 4.69) is 10.3 Å². The van der Waals surface area contributed by atoms with Crippen molar-refractivity contribution < 1.29 is 31.8 Å². The van der Waals surface area contributed by atoms with Gasteiger partial charge in [0.15, 0.2) is 11.6 Å². The Morgan fingerprint density at radius 1 is 1.18 bits per heavy atom. The Morgan fingerprint density at radius 2 is 1.91 bits per heavy atom. The quantitative estimate of drug-likeness (QED) is 0.483. The molecule has 1 aliphatic heterocycles. The van der Waals surface area contributed by atoms with E-state index in [1.807, 2.05) is 6.92 Å². The second-order valence-electron chi connectivity index (χ2n) is 9.23. The lowest BCUT2D eigenvalue weighted by molar-refractivity contribution is -0.136. The largest absolute Gasteiger partial charge is 0.492 e. The summed E-state index contributed by atoms with van der Waals surface area (Å²) in [5.74, 6) is -2.06. The molecule has 0 spiro atoms. The maximum Gasteiger partial charge on any atom is 0.418 e. The van der Waals surface area contributed by atoms with Crippen LogP contribution in [0.1, 0.15) is 50.8 Å². The van der Waals surface area contributed by atoms with Crippen molar-refractivity contribution in [1.82, 2.24) is 14.9 Å². The minimum absolute atomic E-state index is 0.00484. The number of aliphatic hydroxyl groups is 1. The van der Waals surface area contributed by atoms with Gasteiger partial charge in [-0.15, -0.1) is 0 Å². The number of aromatic nitrogens is 2. The monoisotopic (exact) mass is 483 g/mol. The Balaban J connectivity index is 1.58. The topological polar surface area (TPSA) is 59.3 Å². The van der Waals surface area contributed by atoms with Gasteiger partial charge in [-0.3, -0.25) is 0 Å². The van der Waals surface area contributed by atoms with Crippen molar-refractivity contribution >= 4 is 11.0 Å². The van der Waals surface area contributed by atoms with Crippen LogP contribution in [0.25, 0.3) is 11.0 Å². The number of rotatable bonds is 5. The van der Waals surface area contributed by atoms with Gasteiger partial charge in [0.1, 0.15) is 12.4 Å². The number of nitrogens with one attached hydrogen (secondary N) is 1. The van der Waals surface area contributed by atoms with Gasteiger partial charge in [-0.2, -0.15) is 13.2 Å². The van der Waals surface area contributed by atoms with E-state index in [1.165, 1.54) is 23.0 Å². The molecule has 184 valence electrons. The number of piperidine rings is 1. The maximum absolute atomic E-state index is 13.8. The molecule has 5 nitrogen and oxygen atoms in total. The van der Waals surface area contributed by atoms with Crippen LogP contribution < -0.4 is 10.1 Å². The molecule has 0 aliphatic carbocycles. The molecule has 0 radical (unpaired) electrons. The van der Waals surface area contributed by atoms with Crippen LogP contribution in [-0.2, 0) is 11.8 Å². The molecule has 0 bridgehead atoms. The second-order valence-corrected chi connectivity index (χ2v) is 9.23. The zero-order valence-electron chi connectivity index (χ0n) is 19.0. The number of ether oxygens (including phenoxy) is 1. The fourth-order valence-electron chi connectivity index (χ4n) is 4.68. The van der Waals surface area contributed by atoms with Crippen LogP contribution in [0.4, 0.5) is 22.0 Å². The molecule has 3 atom stereocenters. The molecule has 2 aromatic carbocycles. The normalized spacial score (nSPS) is 23.6. The van der Waals surface area contributed by atoms with Gasteiger partial charge in [0.25, 0.3) is 0 Å². The Kier molecular flexibility index (Phi) is 6.32. The molecular weight excluding hydrogens is 457 g/mol. The number of hydrogen-bond acceptors (Lipinski definition) is 4. The number of halogens is 5. The Labute approximate surface area is 193 Å². The molecule has 1 aromatic heterocycles. The predicted molar refractivity (Wildman–Crippen MR) is 116 cm³/mol. The summed E-state index contributed by atoms with van der Waals surface area (Å²) in [7, 11) is 0. The van der Waals surface area contributed by atoms with E-state index in [9.17, 15) is 27.1 Å². The summed E-state index contributed by atoms with van der Waals surface area (Å²) >= 11 is 0. The van der Waals surface area contributed by atoms with Crippen LogP contribution in [0.15, 0.2) is 36.7 Å². The van der Waals surface area contributed by atoms with Crippen molar-refractivity contribution in [2.45, 2.75) is 63.5 Å². The Morgan fingerprint density at radius 3 is 2.56 bits per heavy atom. The number of fused-ring (bicyclic) bond motifs is 1. The maximum atomic E-state index is 13.8. The van der Waals surface area contributed by atoms with Gasteiger partial charge < -0.3 is 19.7 Å². The van der Waals surface area contributed by atoms with Gasteiger partial charge in [-0.1, -0.05) is 6.07 Å². The van der Waals surface area contributed by atoms with Gasteiger partial charge in [-0.25, -0.2) is 13.8 Å². The first-order chi connectivity index (χ1) is 15.9. The Hall–Kier alpha value is -2.72. The minimum Gasteiger partial charge on any atom is -0.492 e. The summed E-state index contributed by atoms with van der Waals surface area (Å²) in [6, 6.07) is 4.83. The highest BCUT2D eigenvalue weighted by Gasteiger charge is 2.40. The van der Waals surface area contributed by atoms with E-state index in [-0.39, 0.29) is 53.9 Å². The van der Waals surface area contributed by atoms with E-state index in [4.69, 9.17) is 4.74 Å². The van der Waals surface area contributed by atoms with Crippen molar-refractivity contribution in [2.75, 3.05) is 6.61 Å². The number of hydrogen-bond donors (Lipinski definition) is 2. The van der Waals surface area contributed by atoms with Crippen LogP contribution in [0, 0.1) is 11.6 Å². The molecule has 4 rings (SSSR count). The predicted octanol–water partition coefficient (Wildman–Crippen LogP) is 5.32. The molecule has 34 heavy (non-hydrogen) atoms. The summed E-state index contributed by atoms with van der Waals surface area (Å²) in [5, 5.41) is 14.4. The summed E-state index contributed by atoms with van der Waals surface area (Å²) in [6.45, 7) is 5.33. The van der Waals surface area contributed by atoms with Crippen molar-refractivity contribution in [3.8, 4) is 5.75 Å². The lowest BCUT2D eigenvalue weighted by Gasteiger charge is -2.41. The zero-order chi connectivity index (χ0) is 24.8. The van der Waals surface area contributed by atoms with Crippen LogP contribution in [0.5, 0.6) is 5.75 Å². The molecule has 1 fully saturated rings. The summed E-state index contributed by atoms with van der Waals surface area (Å²) in [6.07, 6.45) is -2.86. The van der Waals surface area contributed by atoms with Crippen molar-refractivity contribution in [2.24, 2.45) is 0 Å². The third-order valence-electron chi connectivity index (χ3n) is 6.16. The molecule has 1 saturated heterocycles. The molecule has 3 aromatic rings. The third-order valence-corrected chi connectivity index (χ3v) is 6.16. The lowest BCUT2D eigenvalue weighted by Crippen LogP contribution is -2.53. The molecule has 2 N–H and O–H groups in total. The number of imidazole rings is 1. The highest BCUT2D eigenvalue weighted by Crippen LogP contribution is 2.39. The fourth-order valence-corrected chi connectivity index (χ4v) is 4.68. The molecule has 2 heterocycles. The first kappa shape index (κ1) is 24.4. The molecule has 0 saturated carbocycles. The minimum atomic E-state index is -4.60. The summed E-state index contributed by atoms with van der Waals surface area (Å²) in [5.41, 5.74) is -1.88. The highest BCUT2D eigenvalue weighted by atomic mass is 19.4. The fraction of sp³-hybridized carbons (Fsp3) is 0.458. The average molecular weight is 483 g/mol. The van der Waals surface area contributed by atoms with E-state index in [1.54, 1.807) is 13.8 Å². The van der Waals surface area contributed by atoms with Crippen LogP contribution in [-0.4, -0.2) is 33.3 Å². The molecule has 0 unspecified atom stereocenters. The standard InChI is InChI=1S/C24H26F5N3O2/c1-13(2)32-12-30-21-8-17(7-18(22(21)32)24(27,28)29)34-11-16-10-23(33,9-14(3)31-16)15-4-5-19(25)20(26)6-15/h4-8,12-14,16,31,33H,9-11H2,1-3H3/t14-,16-,23-/m0/s1. The SMILES string of the molecule is CC(C)n1cnc2cc(OC[C@@H]3C[C@](O)(c4ccc(F)c(F)c4)C[C@H](C)N3)cc(C(F)(F)F)c21. The lowest BCUT2D eigenvalue weighted by atomic mass is 9.79.